The van der Waals surface area contributed by atoms with E-state index in [1.165, 1.54) is 5.56 Å². The number of fused-ring (bicyclic) bond motifs is 1. The van der Waals surface area contributed by atoms with Gasteiger partial charge in [0.05, 0.1) is 11.3 Å². The summed E-state index contributed by atoms with van der Waals surface area (Å²) in [7, 11) is 0. The third kappa shape index (κ3) is 4.97. The second-order valence-electron chi connectivity index (χ2n) is 9.58. The van der Waals surface area contributed by atoms with Crippen LogP contribution in [0.3, 0.4) is 0 Å². The van der Waals surface area contributed by atoms with Gasteiger partial charge in [-0.1, -0.05) is 60.7 Å². The molecule has 1 aliphatic heterocycles. The number of hydrogen-bond donors (Lipinski definition) is 1. The molecule has 0 aliphatic carbocycles. The summed E-state index contributed by atoms with van der Waals surface area (Å²) in [5.74, 6) is 0.494. The fourth-order valence-electron chi connectivity index (χ4n) is 5.13. The Hall–Kier alpha value is -4.97. The zero-order valence-electron chi connectivity index (χ0n) is 21.5. The van der Waals surface area contributed by atoms with E-state index in [1.54, 1.807) is 36.5 Å². The van der Waals surface area contributed by atoms with Crippen LogP contribution in [-0.4, -0.2) is 27.9 Å². The predicted octanol–water partition coefficient (Wildman–Crippen LogP) is 6.77. The number of imidazole rings is 1. The van der Waals surface area contributed by atoms with Crippen LogP contribution >= 0.6 is 0 Å². The van der Waals surface area contributed by atoms with E-state index in [1.807, 2.05) is 82.4 Å². The number of anilines is 2. The molecule has 2 amide bonds. The topological polar surface area (TPSA) is 67.2 Å². The first-order valence-corrected chi connectivity index (χ1v) is 13.2. The Labute approximate surface area is 227 Å². The third-order valence-electron chi connectivity index (χ3n) is 7.08. The molecular formula is C33H28N4O2. The van der Waals surface area contributed by atoms with E-state index in [-0.39, 0.29) is 11.8 Å². The van der Waals surface area contributed by atoms with Crippen LogP contribution in [0, 0.1) is 0 Å². The van der Waals surface area contributed by atoms with Crippen molar-refractivity contribution >= 4 is 23.2 Å². The summed E-state index contributed by atoms with van der Waals surface area (Å²) in [6.45, 7) is 0.699. The number of benzene rings is 4. The summed E-state index contributed by atoms with van der Waals surface area (Å²) in [6.07, 6.45) is 6.61. The number of aromatic nitrogens is 2. The van der Waals surface area contributed by atoms with Crippen molar-refractivity contribution in [3.05, 3.63) is 132 Å². The molecule has 1 aliphatic rings. The maximum atomic E-state index is 13.4. The normalized spacial score (nSPS) is 12.9. The van der Waals surface area contributed by atoms with Crippen molar-refractivity contribution in [2.75, 3.05) is 16.8 Å². The lowest BCUT2D eigenvalue weighted by Crippen LogP contribution is -2.31. The average molecular weight is 513 g/mol. The van der Waals surface area contributed by atoms with Gasteiger partial charge in [0.25, 0.3) is 11.8 Å². The predicted molar refractivity (Wildman–Crippen MR) is 154 cm³/mol. The van der Waals surface area contributed by atoms with Crippen LogP contribution in [-0.2, 0) is 6.42 Å². The van der Waals surface area contributed by atoms with Crippen LogP contribution in [0.15, 0.2) is 116 Å². The van der Waals surface area contributed by atoms with Crippen molar-refractivity contribution in [2.24, 2.45) is 0 Å². The molecule has 192 valence electrons. The highest BCUT2D eigenvalue weighted by Crippen LogP contribution is 2.28. The van der Waals surface area contributed by atoms with Gasteiger partial charge < -0.3 is 10.2 Å². The quantitative estimate of drug-likeness (QED) is 0.282. The van der Waals surface area contributed by atoms with Crippen molar-refractivity contribution < 1.29 is 9.59 Å². The number of nitrogens with zero attached hydrogens (tertiary/aromatic N) is 3. The maximum absolute atomic E-state index is 13.4. The molecule has 0 bridgehead atoms. The van der Waals surface area contributed by atoms with Crippen LogP contribution < -0.4 is 10.2 Å². The van der Waals surface area contributed by atoms with E-state index in [2.05, 4.69) is 16.4 Å². The van der Waals surface area contributed by atoms with E-state index in [0.29, 0.717) is 23.4 Å². The largest absolute Gasteiger partial charge is 0.322 e. The minimum absolute atomic E-state index is 0.0267. The Morgan fingerprint density at radius 3 is 2.28 bits per heavy atom. The second kappa shape index (κ2) is 10.8. The maximum Gasteiger partial charge on any atom is 0.258 e. The lowest BCUT2D eigenvalue weighted by Gasteiger charge is -2.23. The molecule has 0 unspecified atom stereocenters. The smallest absolute Gasteiger partial charge is 0.258 e. The Kier molecular flexibility index (Phi) is 6.75. The van der Waals surface area contributed by atoms with Gasteiger partial charge in [-0.05, 0) is 67.3 Å². The van der Waals surface area contributed by atoms with Crippen LogP contribution in [0.25, 0.3) is 17.1 Å². The van der Waals surface area contributed by atoms with Crippen molar-refractivity contribution in [1.29, 1.82) is 0 Å². The average Bonchev–Trinajstić information content (AvgIpc) is 3.38. The van der Waals surface area contributed by atoms with Crippen LogP contribution in [0.2, 0.25) is 0 Å². The summed E-state index contributed by atoms with van der Waals surface area (Å²) in [6, 6.07) is 32.6. The Bertz CT molecular complexity index is 1620. The van der Waals surface area contributed by atoms with Gasteiger partial charge in [-0.25, -0.2) is 4.98 Å². The van der Waals surface area contributed by atoms with Gasteiger partial charge in [-0.2, -0.15) is 0 Å². The SMILES string of the molecule is O=C(Nc1ccc(C(=O)N2CCCCc3ccccc32)cc1)c1ccccc1-n1ccnc1-c1ccccc1. The van der Waals surface area contributed by atoms with Gasteiger partial charge in [0, 0.05) is 41.4 Å². The number of aryl methyl sites for hydroxylation is 1. The van der Waals surface area contributed by atoms with Crippen molar-refractivity contribution in [3.8, 4) is 17.1 Å². The van der Waals surface area contributed by atoms with Gasteiger partial charge in [-0.3, -0.25) is 14.2 Å². The molecule has 0 spiro atoms. The molecule has 0 saturated carbocycles. The molecule has 1 N–H and O–H groups in total. The first-order valence-electron chi connectivity index (χ1n) is 13.2. The van der Waals surface area contributed by atoms with Gasteiger partial charge in [0.15, 0.2) is 0 Å². The molecule has 1 aromatic heterocycles. The summed E-state index contributed by atoms with van der Waals surface area (Å²) in [5, 5.41) is 2.99. The molecule has 0 saturated heterocycles. The van der Waals surface area contributed by atoms with Crippen molar-refractivity contribution in [2.45, 2.75) is 19.3 Å². The second-order valence-corrected chi connectivity index (χ2v) is 9.58. The Morgan fingerprint density at radius 2 is 1.46 bits per heavy atom. The van der Waals surface area contributed by atoms with Crippen molar-refractivity contribution in [3.63, 3.8) is 0 Å². The molecule has 6 heteroatoms. The van der Waals surface area contributed by atoms with Gasteiger partial charge >= 0.3 is 0 Å². The summed E-state index contributed by atoms with van der Waals surface area (Å²) in [5.41, 5.74) is 5.63. The highest BCUT2D eigenvalue weighted by Gasteiger charge is 2.22. The van der Waals surface area contributed by atoms with Crippen molar-refractivity contribution in [1.82, 2.24) is 9.55 Å². The number of amides is 2. The number of carbonyl (C=O) groups is 2. The van der Waals surface area contributed by atoms with Crippen LogP contribution in [0.5, 0.6) is 0 Å². The minimum Gasteiger partial charge on any atom is -0.322 e. The summed E-state index contributed by atoms with van der Waals surface area (Å²) in [4.78, 5) is 33.2. The van der Waals surface area contributed by atoms with Gasteiger partial charge in [0.1, 0.15) is 5.82 Å². The van der Waals surface area contributed by atoms with Crippen LogP contribution in [0.4, 0.5) is 11.4 Å². The fourth-order valence-corrected chi connectivity index (χ4v) is 5.13. The zero-order chi connectivity index (χ0) is 26.6. The molecule has 39 heavy (non-hydrogen) atoms. The number of hydrogen-bond acceptors (Lipinski definition) is 3. The highest BCUT2D eigenvalue weighted by molar-refractivity contribution is 6.08. The molecule has 2 heterocycles. The lowest BCUT2D eigenvalue weighted by atomic mass is 10.1. The standard InChI is InChI=1S/C33H28N4O2/c38-32(28-14-5-7-16-30(28)36-23-21-34-31(36)25-12-2-1-3-13-25)35-27-19-17-26(18-20-27)33(39)37-22-9-8-11-24-10-4-6-15-29(24)37/h1-7,10,12-21,23H,8-9,11,22H2,(H,35,38). The van der Waals surface area contributed by atoms with E-state index < -0.39 is 0 Å². The van der Waals surface area contributed by atoms with E-state index in [0.717, 1.165) is 42.0 Å². The molecule has 0 radical (unpaired) electrons. The first-order chi connectivity index (χ1) is 19.2. The third-order valence-corrected chi connectivity index (χ3v) is 7.08. The molecule has 0 atom stereocenters. The highest BCUT2D eigenvalue weighted by atomic mass is 16.2. The van der Waals surface area contributed by atoms with Crippen LogP contribution in [0.1, 0.15) is 39.1 Å². The van der Waals surface area contributed by atoms with E-state index in [9.17, 15) is 9.59 Å². The van der Waals surface area contributed by atoms with E-state index in [4.69, 9.17) is 0 Å². The van der Waals surface area contributed by atoms with Gasteiger partial charge in [-0.15, -0.1) is 0 Å². The monoisotopic (exact) mass is 512 g/mol. The first kappa shape index (κ1) is 24.4. The van der Waals surface area contributed by atoms with Gasteiger partial charge in [0.2, 0.25) is 0 Å². The molecular weight excluding hydrogens is 484 g/mol. The lowest BCUT2D eigenvalue weighted by molar-refractivity contribution is 0.0985. The summed E-state index contributed by atoms with van der Waals surface area (Å²) >= 11 is 0. The number of para-hydroxylation sites is 2. The number of carbonyl (C=O) groups excluding carboxylic acids is 2. The number of rotatable bonds is 5. The molecule has 5 aromatic rings. The molecule has 0 fully saturated rings. The fraction of sp³-hybridized carbons (Fsp3) is 0.121. The zero-order valence-corrected chi connectivity index (χ0v) is 21.5. The van der Waals surface area contributed by atoms with E-state index >= 15 is 0 Å². The Morgan fingerprint density at radius 1 is 0.744 bits per heavy atom. The number of nitrogens with one attached hydrogen (secondary N) is 1. The molecule has 6 nitrogen and oxygen atoms in total. The minimum atomic E-state index is -0.237. The molecule has 4 aromatic carbocycles. The molecule has 6 rings (SSSR count). The Balaban J connectivity index is 1.22. The summed E-state index contributed by atoms with van der Waals surface area (Å²) < 4.78 is 1.92.